The van der Waals surface area contributed by atoms with Crippen molar-refractivity contribution in [3.63, 3.8) is 0 Å². The largest absolute Gasteiger partial charge is 0.435 e. The van der Waals surface area contributed by atoms with Crippen LogP contribution < -0.4 is 10.0 Å². The lowest BCUT2D eigenvalue weighted by molar-refractivity contribution is -0.141. The summed E-state index contributed by atoms with van der Waals surface area (Å²) in [6.07, 6.45) is -0.942. The molecule has 3 heterocycles. The third-order valence-electron chi connectivity index (χ3n) is 11.1. The average molecular weight is 880 g/mol. The fourth-order valence-corrected chi connectivity index (χ4v) is 10.6. The summed E-state index contributed by atoms with van der Waals surface area (Å²) in [5, 5.41) is 11.6. The van der Waals surface area contributed by atoms with E-state index in [1.54, 1.807) is 56.8 Å². The molecule has 3 aromatic heterocycles. The predicted octanol–water partition coefficient (Wildman–Crippen LogP) is 8.14. The zero-order valence-electron chi connectivity index (χ0n) is 32.8. The Balaban J connectivity index is 1.22. The molecule has 2 fully saturated rings. The lowest BCUT2D eigenvalue weighted by Crippen LogP contribution is -2.35. The Morgan fingerprint density at radius 1 is 1.03 bits per heavy atom. The monoisotopic (exact) mass is 879 g/mol. The second-order valence-corrected chi connectivity index (χ2v) is 20.5. The van der Waals surface area contributed by atoms with Gasteiger partial charge in [0.15, 0.2) is 21.3 Å². The smallest absolute Gasteiger partial charge is 0.346 e. The van der Waals surface area contributed by atoms with E-state index in [2.05, 4.69) is 20.2 Å². The van der Waals surface area contributed by atoms with Gasteiger partial charge in [0.1, 0.15) is 29.2 Å². The molecule has 2 aliphatic rings. The highest BCUT2D eigenvalue weighted by Crippen LogP contribution is 2.52. The zero-order valence-corrected chi connectivity index (χ0v) is 35.2. The summed E-state index contributed by atoms with van der Waals surface area (Å²) in [6.45, 7) is 4.47. The molecular formula is C40H43ClF5N7O4S2. The summed E-state index contributed by atoms with van der Waals surface area (Å²) < 4.78 is 114. The number of fused-ring (bicyclic) bond motifs is 1. The van der Waals surface area contributed by atoms with Crippen molar-refractivity contribution >= 4 is 55.1 Å². The van der Waals surface area contributed by atoms with Crippen LogP contribution in [0.5, 0.6) is 0 Å². The first-order valence-electron chi connectivity index (χ1n) is 19.0. The van der Waals surface area contributed by atoms with Crippen molar-refractivity contribution in [1.29, 1.82) is 0 Å². The second kappa shape index (κ2) is 15.9. The number of carbonyl (C=O) groups excluding carboxylic acids is 1. The van der Waals surface area contributed by atoms with Crippen LogP contribution in [-0.2, 0) is 51.8 Å². The molecule has 4 atom stereocenters. The van der Waals surface area contributed by atoms with Gasteiger partial charge in [0.2, 0.25) is 5.91 Å². The Labute approximate surface area is 345 Å². The molecule has 2 aromatic carbocycles. The lowest BCUT2D eigenvalue weighted by atomic mass is 9.93. The Bertz CT molecular complexity index is 2570. The van der Waals surface area contributed by atoms with Gasteiger partial charge in [-0.25, -0.2) is 21.4 Å². The first-order valence-corrected chi connectivity index (χ1v) is 22.5. The fraction of sp³-hybridized carbons (Fsp3) is 0.450. The van der Waals surface area contributed by atoms with Crippen LogP contribution in [0.3, 0.4) is 0 Å². The molecule has 316 valence electrons. The minimum absolute atomic E-state index is 0.103. The molecule has 19 heteroatoms. The Hall–Kier alpha value is -4.42. The van der Waals surface area contributed by atoms with Crippen LogP contribution in [-0.4, -0.2) is 59.3 Å². The molecule has 3 unspecified atom stereocenters. The van der Waals surface area contributed by atoms with E-state index < -0.39 is 67.6 Å². The molecule has 0 radical (unpaired) electrons. The van der Waals surface area contributed by atoms with E-state index in [4.69, 9.17) is 16.6 Å². The van der Waals surface area contributed by atoms with Gasteiger partial charge in [0, 0.05) is 47.8 Å². The summed E-state index contributed by atoms with van der Waals surface area (Å²) in [6, 6.07) is 9.65. The van der Waals surface area contributed by atoms with Gasteiger partial charge in [-0.3, -0.25) is 23.9 Å². The Kier molecular flexibility index (Phi) is 11.5. The molecule has 0 aliphatic heterocycles. The number of carbonyl (C=O) groups is 1. The van der Waals surface area contributed by atoms with Crippen LogP contribution in [0, 0.1) is 24.5 Å². The number of aryl methyl sites for hydroxylation is 2. The van der Waals surface area contributed by atoms with Crippen molar-refractivity contribution < 1.29 is 39.4 Å². The van der Waals surface area contributed by atoms with Crippen molar-refractivity contribution in [2.45, 2.75) is 94.0 Å². The van der Waals surface area contributed by atoms with Gasteiger partial charge >= 0.3 is 6.18 Å². The third kappa shape index (κ3) is 9.04. The standard InChI is InChI=1S/C40H43ClF5N7O4S2/c1-21-6-9-27(28-10-11-30(41)35-37(28)52(4)50-38(35)51-58(5)55)36(47-21)31(16-22-14-24(42)18-25(43)15-22)48-34(54)20-53-32(19-33(49-53)40(44,45)46)29-17-23(29)12-13-39(2,3)59(56,57)26-7-8-26/h6,9-11,14-15,18-19,23,26,29,31H,7-8,12-13,16-17,20H2,1-5H3,(H,48,54)(H,50,51)/t23?,29?,31-,58?/m0/s1. The number of hydrogen-bond acceptors (Lipinski definition) is 7. The summed E-state index contributed by atoms with van der Waals surface area (Å²) in [7, 11) is -3.18. The minimum Gasteiger partial charge on any atom is -0.346 e. The molecule has 2 aliphatic carbocycles. The van der Waals surface area contributed by atoms with Crippen molar-refractivity contribution in [3.8, 4) is 11.1 Å². The second-order valence-electron chi connectivity index (χ2n) is 16.1. The predicted molar refractivity (Wildman–Crippen MR) is 216 cm³/mol. The first kappa shape index (κ1) is 42.7. The van der Waals surface area contributed by atoms with Crippen LogP contribution in [0.15, 0.2) is 48.5 Å². The topological polar surface area (TPSA) is 141 Å². The van der Waals surface area contributed by atoms with Gasteiger partial charge in [-0.15, -0.1) is 0 Å². The van der Waals surface area contributed by atoms with E-state index in [0.717, 1.165) is 22.9 Å². The SMILES string of the molecule is Cc1ccc(-c2ccc(Cl)c3c(NS(C)=O)nn(C)c23)c([C@H](Cc2cc(F)cc(F)c2)NC(=O)Cn2nc(C(F)(F)F)cc2C2CC2CCC(C)(C)S(=O)(=O)C2CC2)n1. The summed E-state index contributed by atoms with van der Waals surface area (Å²) in [5.41, 5.74) is 1.58. The number of sulfone groups is 1. The lowest BCUT2D eigenvalue weighted by Gasteiger charge is -2.25. The van der Waals surface area contributed by atoms with Crippen LogP contribution in [0.4, 0.5) is 27.8 Å². The molecule has 0 bridgehead atoms. The normalized spacial score (nSPS) is 18.2. The quantitative estimate of drug-likeness (QED) is 0.101. The minimum atomic E-state index is -4.80. The molecule has 5 aromatic rings. The van der Waals surface area contributed by atoms with E-state index in [-0.39, 0.29) is 46.3 Å². The number of pyridine rings is 1. The number of rotatable bonds is 15. The average Bonchev–Trinajstić information content (AvgIpc) is 4.05. The van der Waals surface area contributed by atoms with Crippen LogP contribution in [0.1, 0.15) is 86.3 Å². The number of amides is 1. The van der Waals surface area contributed by atoms with Crippen molar-refractivity contribution in [3.05, 3.63) is 93.5 Å². The highest BCUT2D eigenvalue weighted by Gasteiger charge is 2.49. The number of benzene rings is 2. The van der Waals surface area contributed by atoms with Gasteiger partial charge < -0.3 is 5.32 Å². The van der Waals surface area contributed by atoms with Gasteiger partial charge in [-0.1, -0.05) is 23.7 Å². The molecule has 59 heavy (non-hydrogen) atoms. The highest BCUT2D eigenvalue weighted by atomic mass is 35.5. The van der Waals surface area contributed by atoms with E-state index >= 15 is 0 Å². The maximum absolute atomic E-state index is 14.5. The Morgan fingerprint density at radius 3 is 2.36 bits per heavy atom. The summed E-state index contributed by atoms with van der Waals surface area (Å²) >= 11 is 6.64. The fourth-order valence-electron chi connectivity index (χ4n) is 7.86. The van der Waals surface area contributed by atoms with Crippen LogP contribution >= 0.6 is 11.6 Å². The number of halogens is 6. The van der Waals surface area contributed by atoms with E-state index in [1.807, 2.05) is 0 Å². The molecule has 2 saturated carbocycles. The van der Waals surface area contributed by atoms with Crippen molar-refractivity contribution in [1.82, 2.24) is 29.9 Å². The number of nitrogens with one attached hydrogen (secondary N) is 2. The van der Waals surface area contributed by atoms with E-state index in [9.17, 15) is 39.4 Å². The number of hydrogen-bond donors (Lipinski definition) is 2. The van der Waals surface area contributed by atoms with Gasteiger partial charge in [-0.2, -0.15) is 23.4 Å². The highest BCUT2D eigenvalue weighted by molar-refractivity contribution is 7.93. The van der Waals surface area contributed by atoms with E-state index in [0.29, 0.717) is 70.9 Å². The number of nitrogens with zero attached hydrogens (tertiary/aromatic N) is 5. The zero-order chi connectivity index (χ0) is 42.8. The number of anilines is 1. The summed E-state index contributed by atoms with van der Waals surface area (Å²) in [4.78, 5) is 18.9. The van der Waals surface area contributed by atoms with Crippen molar-refractivity contribution in [2.75, 3.05) is 11.0 Å². The molecule has 2 N–H and O–H groups in total. The van der Waals surface area contributed by atoms with Crippen LogP contribution in [0.2, 0.25) is 5.02 Å². The molecule has 11 nitrogen and oxygen atoms in total. The van der Waals surface area contributed by atoms with Crippen molar-refractivity contribution in [2.24, 2.45) is 13.0 Å². The number of alkyl halides is 3. The van der Waals surface area contributed by atoms with Gasteiger partial charge in [0.25, 0.3) is 0 Å². The molecule has 1 amide bonds. The molecule has 0 spiro atoms. The van der Waals surface area contributed by atoms with Crippen LogP contribution in [0.25, 0.3) is 22.0 Å². The molecular weight excluding hydrogens is 837 g/mol. The first-order chi connectivity index (χ1) is 27.6. The van der Waals surface area contributed by atoms with E-state index in [1.165, 1.54) is 6.26 Å². The third-order valence-corrected chi connectivity index (χ3v) is 15.0. The Morgan fingerprint density at radius 2 is 1.71 bits per heavy atom. The molecule has 0 saturated heterocycles. The number of aromatic nitrogens is 5. The molecule has 7 rings (SSSR count). The maximum atomic E-state index is 14.5. The summed E-state index contributed by atoms with van der Waals surface area (Å²) in [5.74, 6) is -2.66. The van der Waals surface area contributed by atoms with Gasteiger partial charge in [0.05, 0.1) is 37.7 Å². The maximum Gasteiger partial charge on any atom is 0.435 e. The van der Waals surface area contributed by atoms with Gasteiger partial charge in [-0.05, 0) is 101 Å².